The molecule has 0 aliphatic carbocycles. The van der Waals surface area contributed by atoms with Crippen molar-refractivity contribution in [2.24, 2.45) is 0 Å². The Kier molecular flexibility index (Phi) is 6.41. The van der Waals surface area contributed by atoms with E-state index in [4.69, 9.17) is 23.9 Å². The summed E-state index contributed by atoms with van der Waals surface area (Å²) in [5, 5.41) is 0.701. The second-order valence-electron chi connectivity index (χ2n) is 7.88. The average Bonchev–Trinajstić information content (AvgIpc) is 3.25. The van der Waals surface area contributed by atoms with Gasteiger partial charge in [-0.2, -0.15) is 0 Å². The number of benzene rings is 2. The van der Waals surface area contributed by atoms with E-state index in [-0.39, 0.29) is 12.0 Å². The van der Waals surface area contributed by atoms with Gasteiger partial charge in [-0.05, 0) is 37.1 Å². The number of carbonyl (C=O) groups is 1. The predicted molar refractivity (Wildman–Crippen MR) is 125 cm³/mol. The Morgan fingerprint density at radius 1 is 1.00 bits per heavy atom. The van der Waals surface area contributed by atoms with Crippen LogP contribution in [0.5, 0.6) is 22.4 Å². The highest BCUT2D eigenvalue weighted by Crippen LogP contribution is 2.39. The first-order valence-electron chi connectivity index (χ1n) is 10.6. The van der Waals surface area contributed by atoms with E-state index in [9.17, 15) is 4.79 Å². The summed E-state index contributed by atoms with van der Waals surface area (Å²) < 4.78 is 23.5. The molecule has 0 bridgehead atoms. The van der Waals surface area contributed by atoms with Crippen molar-refractivity contribution in [3.05, 3.63) is 41.0 Å². The van der Waals surface area contributed by atoms with Crippen molar-refractivity contribution in [2.45, 2.75) is 32.8 Å². The highest BCUT2D eigenvalue weighted by Gasteiger charge is 2.27. The van der Waals surface area contributed by atoms with Gasteiger partial charge in [-0.25, -0.2) is 4.98 Å². The number of hydrogen-bond donors (Lipinski definition) is 0. The molecular weight excluding hydrogens is 428 g/mol. The minimum Gasteiger partial charge on any atom is -0.493 e. The second kappa shape index (κ2) is 9.24. The van der Waals surface area contributed by atoms with Crippen LogP contribution in [0.3, 0.4) is 0 Å². The molecule has 2 heterocycles. The van der Waals surface area contributed by atoms with Crippen molar-refractivity contribution in [1.82, 2.24) is 9.88 Å². The number of carbonyl (C=O) groups excluding carboxylic acids is 1. The molecule has 8 heteroatoms. The Balaban J connectivity index is 1.43. The fourth-order valence-corrected chi connectivity index (χ4v) is 5.02. The Morgan fingerprint density at radius 2 is 1.62 bits per heavy atom. The largest absolute Gasteiger partial charge is 0.493 e. The minimum absolute atomic E-state index is 0.0418. The first kappa shape index (κ1) is 22.2. The molecule has 4 rings (SSSR count). The van der Waals surface area contributed by atoms with Crippen molar-refractivity contribution in [2.75, 3.05) is 34.4 Å². The lowest BCUT2D eigenvalue weighted by Gasteiger charge is -2.31. The van der Waals surface area contributed by atoms with E-state index in [2.05, 4.69) is 26.0 Å². The van der Waals surface area contributed by atoms with E-state index in [0.717, 1.165) is 23.9 Å². The van der Waals surface area contributed by atoms with E-state index < -0.39 is 0 Å². The van der Waals surface area contributed by atoms with Gasteiger partial charge in [0.05, 0.1) is 31.5 Å². The van der Waals surface area contributed by atoms with Gasteiger partial charge in [0.15, 0.2) is 11.5 Å². The van der Waals surface area contributed by atoms with Crippen LogP contribution in [-0.2, 0) is 0 Å². The molecule has 1 aliphatic heterocycles. The first-order valence-corrected chi connectivity index (χ1v) is 11.4. The molecule has 7 nitrogen and oxygen atoms in total. The first-order chi connectivity index (χ1) is 15.4. The van der Waals surface area contributed by atoms with E-state index in [1.54, 1.807) is 44.8 Å². The van der Waals surface area contributed by atoms with E-state index in [1.807, 2.05) is 4.90 Å². The van der Waals surface area contributed by atoms with Crippen LogP contribution in [0.2, 0.25) is 0 Å². The van der Waals surface area contributed by atoms with Gasteiger partial charge in [0.25, 0.3) is 11.1 Å². The summed E-state index contributed by atoms with van der Waals surface area (Å²) in [7, 11) is 4.62. The van der Waals surface area contributed by atoms with Crippen LogP contribution < -0.4 is 18.9 Å². The Morgan fingerprint density at radius 3 is 2.19 bits per heavy atom. The van der Waals surface area contributed by atoms with E-state index in [1.165, 1.54) is 10.3 Å². The van der Waals surface area contributed by atoms with Crippen LogP contribution in [0.15, 0.2) is 24.3 Å². The number of aromatic nitrogens is 1. The van der Waals surface area contributed by atoms with Gasteiger partial charge in [-0.3, -0.25) is 4.79 Å². The van der Waals surface area contributed by atoms with Gasteiger partial charge in [-0.1, -0.05) is 23.5 Å². The number of methoxy groups -OCH3 is 3. The number of amides is 1. The quantitative estimate of drug-likeness (QED) is 0.539. The fraction of sp³-hybridized carbons (Fsp3) is 0.417. The Labute approximate surface area is 191 Å². The van der Waals surface area contributed by atoms with Gasteiger partial charge < -0.3 is 23.8 Å². The number of ether oxygens (including phenoxy) is 4. The Hall–Kier alpha value is -3.00. The van der Waals surface area contributed by atoms with Crippen LogP contribution in [0.25, 0.3) is 10.2 Å². The van der Waals surface area contributed by atoms with Crippen molar-refractivity contribution >= 4 is 27.5 Å². The molecule has 170 valence electrons. The summed E-state index contributed by atoms with van der Waals surface area (Å²) in [6.45, 7) is 5.39. The number of likely N-dealkylation sites (tertiary alicyclic amines) is 1. The molecule has 1 aromatic heterocycles. The molecule has 0 atom stereocenters. The van der Waals surface area contributed by atoms with Crippen LogP contribution in [-0.4, -0.2) is 56.3 Å². The molecule has 0 unspecified atom stereocenters. The predicted octanol–water partition coefficient (Wildman–Crippen LogP) is 4.62. The maximum absolute atomic E-state index is 13.1. The number of aryl methyl sites for hydroxylation is 2. The van der Waals surface area contributed by atoms with Crippen molar-refractivity contribution in [3.8, 4) is 22.4 Å². The fourth-order valence-electron chi connectivity index (χ4n) is 4.00. The summed E-state index contributed by atoms with van der Waals surface area (Å²) in [6, 6.07) is 7.59. The lowest BCUT2D eigenvalue weighted by molar-refractivity contribution is 0.0594. The summed E-state index contributed by atoms with van der Waals surface area (Å²) in [5.41, 5.74) is 3.89. The van der Waals surface area contributed by atoms with Crippen LogP contribution in [0, 0.1) is 13.8 Å². The molecular formula is C24H28N2O5S. The SMILES string of the molecule is COc1cc(C(=O)N2CCC(Oc3nc4c(C)ccc(C)c4s3)CC2)cc(OC)c1OC. The van der Waals surface area contributed by atoms with Gasteiger partial charge in [-0.15, -0.1) is 0 Å². The highest BCUT2D eigenvalue weighted by molar-refractivity contribution is 7.20. The van der Waals surface area contributed by atoms with Crippen LogP contribution >= 0.6 is 11.3 Å². The normalized spacial score (nSPS) is 14.5. The third-order valence-corrected chi connectivity index (χ3v) is 6.91. The van der Waals surface area contributed by atoms with Crippen molar-refractivity contribution in [3.63, 3.8) is 0 Å². The minimum atomic E-state index is -0.0612. The molecule has 0 spiro atoms. The number of thiazole rings is 1. The van der Waals surface area contributed by atoms with Crippen LogP contribution in [0.1, 0.15) is 34.3 Å². The zero-order chi connectivity index (χ0) is 22.8. The lowest BCUT2D eigenvalue weighted by Crippen LogP contribution is -2.41. The standard InChI is InChI=1S/C24H28N2O5S/c1-14-6-7-15(2)22-20(14)25-24(32-22)31-17-8-10-26(11-9-17)23(27)16-12-18(28-3)21(30-5)19(13-16)29-4/h6-7,12-13,17H,8-11H2,1-5H3. The monoisotopic (exact) mass is 456 g/mol. The molecule has 3 aromatic rings. The molecule has 32 heavy (non-hydrogen) atoms. The van der Waals surface area contributed by atoms with Gasteiger partial charge >= 0.3 is 0 Å². The molecule has 1 aliphatic rings. The smallest absolute Gasteiger partial charge is 0.274 e. The van der Waals surface area contributed by atoms with Gasteiger partial charge in [0.2, 0.25) is 5.75 Å². The summed E-state index contributed by atoms with van der Waals surface area (Å²) in [4.78, 5) is 19.7. The lowest BCUT2D eigenvalue weighted by atomic mass is 10.1. The maximum Gasteiger partial charge on any atom is 0.274 e. The molecule has 1 amide bonds. The zero-order valence-corrected chi connectivity index (χ0v) is 19.9. The zero-order valence-electron chi connectivity index (χ0n) is 19.1. The van der Waals surface area contributed by atoms with Crippen molar-refractivity contribution < 1.29 is 23.7 Å². The molecule has 0 saturated carbocycles. The number of hydrogen-bond acceptors (Lipinski definition) is 7. The second-order valence-corrected chi connectivity index (χ2v) is 8.84. The molecule has 1 saturated heterocycles. The number of rotatable bonds is 6. The molecule has 1 fully saturated rings. The third-order valence-electron chi connectivity index (χ3n) is 5.83. The highest BCUT2D eigenvalue weighted by atomic mass is 32.1. The topological polar surface area (TPSA) is 70.1 Å². The summed E-state index contributed by atoms with van der Waals surface area (Å²) in [6.07, 6.45) is 1.55. The Bertz CT molecular complexity index is 1070. The van der Waals surface area contributed by atoms with Crippen molar-refractivity contribution in [1.29, 1.82) is 0 Å². The number of piperidine rings is 1. The molecule has 0 N–H and O–H groups in total. The van der Waals surface area contributed by atoms with Crippen LogP contribution in [0.4, 0.5) is 0 Å². The van der Waals surface area contributed by atoms with E-state index in [0.29, 0.717) is 41.1 Å². The molecule has 0 radical (unpaired) electrons. The van der Waals surface area contributed by atoms with Gasteiger partial charge in [0, 0.05) is 31.5 Å². The maximum atomic E-state index is 13.1. The average molecular weight is 457 g/mol. The number of fused-ring (bicyclic) bond motifs is 1. The van der Waals surface area contributed by atoms with E-state index >= 15 is 0 Å². The molecule has 2 aromatic carbocycles. The summed E-state index contributed by atoms with van der Waals surface area (Å²) >= 11 is 1.59. The van der Waals surface area contributed by atoms with Gasteiger partial charge in [0.1, 0.15) is 6.10 Å². The number of nitrogens with zero attached hydrogens (tertiary/aromatic N) is 2. The summed E-state index contributed by atoms with van der Waals surface area (Å²) in [5.74, 6) is 1.35. The third kappa shape index (κ3) is 4.19.